The van der Waals surface area contributed by atoms with Gasteiger partial charge in [0.05, 0.1) is 5.92 Å². The average molecular weight is 370 g/mol. The van der Waals surface area contributed by atoms with E-state index in [-0.39, 0.29) is 24.3 Å². The molecule has 0 radical (unpaired) electrons. The summed E-state index contributed by atoms with van der Waals surface area (Å²) in [6.45, 7) is 12.2. The zero-order valence-electron chi connectivity index (χ0n) is 16.5. The Kier molecular flexibility index (Phi) is 12.6. The number of hydrogen-bond acceptors (Lipinski definition) is 3. The Balaban J connectivity index is 0.00000576. The van der Waals surface area contributed by atoms with Gasteiger partial charge >= 0.3 is 5.97 Å². The first-order chi connectivity index (χ1) is 11.4. The number of carbonyl (C=O) groups is 1. The van der Waals surface area contributed by atoms with E-state index in [4.69, 9.17) is 4.74 Å². The van der Waals surface area contributed by atoms with E-state index in [1.165, 1.54) is 0 Å². The van der Waals surface area contributed by atoms with Crippen LogP contribution in [0.25, 0.3) is 0 Å². The van der Waals surface area contributed by atoms with E-state index in [1.807, 2.05) is 37.3 Å². The van der Waals surface area contributed by atoms with E-state index >= 15 is 0 Å². The van der Waals surface area contributed by atoms with Crippen molar-refractivity contribution in [2.45, 2.75) is 65.8 Å². The van der Waals surface area contributed by atoms with E-state index in [0.29, 0.717) is 24.5 Å². The Labute approximate surface area is 160 Å². The number of carbonyl (C=O) groups excluding carboxylic acids is 1. The molecular weight excluding hydrogens is 334 g/mol. The molecule has 1 atom stereocenters. The molecule has 4 heteroatoms. The minimum atomic E-state index is -0.159. The summed E-state index contributed by atoms with van der Waals surface area (Å²) in [7, 11) is 0. The van der Waals surface area contributed by atoms with Crippen LogP contribution in [0.2, 0.25) is 0 Å². The van der Waals surface area contributed by atoms with Crippen molar-refractivity contribution in [2.24, 2.45) is 11.8 Å². The van der Waals surface area contributed by atoms with Crippen LogP contribution in [0, 0.1) is 11.8 Å². The summed E-state index contributed by atoms with van der Waals surface area (Å²) in [5.74, 6) is 1.07. The lowest BCUT2D eigenvalue weighted by atomic mass is 9.95. The second kappa shape index (κ2) is 13.2. The summed E-state index contributed by atoms with van der Waals surface area (Å²) >= 11 is 0. The number of rotatable bonds is 11. The molecule has 0 heterocycles. The first kappa shape index (κ1) is 23.9. The predicted octanol–water partition coefficient (Wildman–Crippen LogP) is 5.20. The number of benzene rings is 1. The number of esters is 1. The Hall–Kier alpha value is -1.06. The largest absolute Gasteiger partial charge is 0.464 e. The molecule has 0 amide bonds. The molecule has 1 unspecified atom stereocenters. The zero-order chi connectivity index (χ0) is 17.9. The van der Waals surface area contributed by atoms with Crippen LogP contribution in [0.5, 0.6) is 0 Å². The van der Waals surface area contributed by atoms with Crippen LogP contribution in [0.4, 0.5) is 0 Å². The van der Waals surface area contributed by atoms with Crippen LogP contribution in [0.15, 0.2) is 30.3 Å². The highest BCUT2D eigenvalue weighted by molar-refractivity contribution is 5.85. The van der Waals surface area contributed by atoms with Gasteiger partial charge in [0.1, 0.15) is 6.61 Å². The molecule has 0 aliphatic carbocycles. The maximum atomic E-state index is 12.3. The lowest BCUT2D eigenvalue weighted by Gasteiger charge is -2.22. The van der Waals surface area contributed by atoms with Gasteiger partial charge in [-0.05, 0) is 36.7 Å². The maximum absolute atomic E-state index is 12.3. The smallest absolute Gasteiger partial charge is 0.313 e. The maximum Gasteiger partial charge on any atom is 0.313 e. The number of halogens is 1. The van der Waals surface area contributed by atoms with E-state index < -0.39 is 0 Å². The van der Waals surface area contributed by atoms with Gasteiger partial charge in [0, 0.05) is 12.6 Å². The lowest BCUT2D eigenvalue weighted by molar-refractivity contribution is -0.145. The monoisotopic (exact) mass is 369 g/mol. The summed E-state index contributed by atoms with van der Waals surface area (Å²) < 4.78 is 5.51. The molecule has 0 aliphatic heterocycles. The number of ether oxygens (including phenoxy) is 1. The minimum Gasteiger partial charge on any atom is -0.464 e. The molecule has 144 valence electrons. The molecule has 3 nitrogen and oxygen atoms in total. The zero-order valence-corrected chi connectivity index (χ0v) is 17.3. The quantitative estimate of drug-likeness (QED) is 0.430. The highest BCUT2D eigenvalue weighted by Crippen LogP contribution is 2.20. The van der Waals surface area contributed by atoms with Gasteiger partial charge in [0.2, 0.25) is 0 Å². The summed E-state index contributed by atoms with van der Waals surface area (Å²) in [4.78, 5) is 12.3. The molecule has 1 aromatic carbocycles. The van der Waals surface area contributed by atoms with Crippen molar-refractivity contribution in [1.29, 1.82) is 0 Å². The molecular formula is C21H36ClNO2. The van der Waals surface area contributed by atoms with Crippen LogP contribution >= 0.6 is 12.4 Å². The van der Waals surface area contributed by atoms with Gasteiger partial charge in [0.15, 0.2) is 0 Å². The fourth-order valence-corrected chi connectivity index (χ4v) is 3.14. The van der Waals surface area contributed by atoms with Crippen molar-refractivity contribution in [3.8, 4) is 0 Å². The van der Waals surface area contributed by atoms with Gasteiger partial charge in [-0.25, -0.2) is 0 Å². The Morgan fingerprint density at radius 3 is 2.08 bits per heavy atom. The van der Waals surface area contributed by atoms with Crippen LogP contribution in [-0.2, 0) is 9.53 Å². The average Bonchev–Trinajstić information content (AvgIpc) is 2.52. The third-order valence-electron chi connectivity index (χ3n) is 4.19. The topological polar surface area (TPSA) is 38.3 Å². The molecule has 1 aromatic rings. The Bertz CT molecular complexity index is 452. The van der Waals surface area contributed by atoms with Crippen LogP contribution in [-0.4, -0.2) is 25.2 Å². The summed E-state index contributed by atoms with van der Waals surface area (Å²) in [5, 5.41) is 3.56. The van der Waals surface area contributed by atoms with Gasteiger partial charge in [0.25, 0.3) is 0 Å². The van der Waals surface area contributed by atoms with Gasteiger partial charge in [-0.3, -0.25) is 4.79 Å². The van der Waals surface area contributed by atoms with Crippen molar-refractivity contribution >= 4 is 18.4 Å². The fraction of sp³-hybridized carbons (Fsp3) is 0.667. The van der Waals surface area contributed by atoms with Gasteiger partial charge in [-0.1, -0.05) is 65.0 Å². The van der Waals surface area contributed by atoms with Gasteiger partial charge in [-0.2, -0.15) is 0 Å². The Morgan fingerprint density at radius 1 is 1.04 bits per heavy atom. The van der Waals surface area contributed by atoms with Crippen molar-refractivity contribution in [1.82, 2.24) is 5.32 Å². The molecule has 0 aliphatic rings. The van der Waals surface area contributed by atoms with Gasteiger partial charge in [-0.15, -0.1) is 12.4 Å². The first-order valence-corrected chi connectivity index (χ1v) is 9.38. The molecule has 0 saturated heterocycles. The van der Waals surface area contributed by atoms with Crippen molar-refractivity contribution < 1.29 is 9.53 Å². The minimum absolute atomic E-state index is 0. The van der Waals surface area contributed by atoms with Crippen molar-refractivity contribution in [3.05, 3.63) is 35.9 Å². The third-order valence-corrected chi connectivity index (χ3v) is 4.19. The molecule has 0 saturated carbocycles. The second-order valence-corrected chi connectivity index (χ2v) is 7.45. The summed E-state index contributed by atoms with van der Waals surface area (Å²) in [6, 6.07) is 10.4. The molecule has 0 bridgehead atoms. The van der Waals surface area contributed by atoms with E-state index in [2.05, 4.69) is 33.0 Å². The molecule has 1 rings (SSSR count). The van der Waals surface area contributed by atoms with Crippen molar-refractivity contribution in [2.75, 3.05) is 13.2 Å². The van der Waals surface area contributed by atoms with E-state index in [1.54, 1.807) is 0 Å². The predicted molar refractivity (Wildman–Crippen MR) is 108 cm³/mol. The third kappa shape index (κ3) is 9.86. The fourth-order valence-electron chi connectivity index (χ4n) is 3.14. The molecule has 25 heavy (non-hydrogen) atoms. The molecule has 0 aromatic heterocycles. The van der Waals surface area contributed by atoms with Gasteiger partial charge < -0.3 is 10.1 Å². The molecule has 1 N–H and O–H groups in total. The van der Waals surface area contributed by atoms with Crippen LogP contribution in [0.3, 0.4) is 0 Å². The normalized spacial score (nSPS) is 12.3. The van der Waals surface area contributed by atoms with E-state index in [9.17, 15) is 4.79 Å². The highest BCUT2D eigenvalue weighted by atomic mass is 35.5. The number of nitrogens with one attached hydrogen (secondary N) is 1. The second-order valence-electron chi connectivity index (χ2n) is 7.45. The van der Waals surface area contributed by atoms with Crippen LogP contribution in [0.1, 0.15) is 65.4 Å². The van der Waals surface area contributed by atoms with Crippen LogP contribution < -0.4 is 5.32 Å². The van der Waals surface area contributed by atoms with E-state index in [0.717, 1.165) is 31.4 Å². The molecule has 0 spiro atoms. The summed E-state index contributed by atoms with van der Waals surface area (Å²) in [5.41, 5.74) is 1.04. The Morgan fingerprint density at radius 2 is 1.60 bits per heavy atom. The highest BCUT2D eigenvalue weighted by Gasteiger charge is 2.20. The molecule has 0 fully saturated rings. The number of hydrogen-bond donors (Lipinski definition) is 1. The summed E-state index contributed by atoms with van der Waals surface area (Å²) in [6.07, 6.45) is 3.08. The lowest BCUT2D eigenvalue weighted by Crippen LogP contribution is -2.35. The first-order valence-electron chi connectivity index (χ1n) is 9.38. The van der Waals surface area contributed by atoms with Crippen molar-refractivity contribution in [3.63, 3.8) is 0 Å². The SMILES string of the molecule is CCC(C(=O)OCCNC(CC(C)C)CC(C)C)c1ccccc1.Cl. The standard InChI is InChI=1S/C21H35NO2.ClH/c1-6-20(18-10-8-7-9-11-18)21(23)24-13-12-22-19(14-16(2)3)15-17(4)5;/h7-11,16-17,19-20,22H,6,12-15H2,1-5H3;1H.